The standard InChI is InChI=1S/C15H26N2O/c1-11(2)6-5-7-12(3)17-13-8-9-14(16)15(10-13)18-4/h8-12,17H,5-7,16H2,1-4H3. The summed E-state index contributed by atoms with van der Waals surface area (Å²) in [6.45, 7) is 6.75. The van der Waals surface area contributed by atoms with E-state index in [1.54, 1.807) is 7.11 Å². The van der Waals surface area contributed by atoms with Crippen LogP contribution in [0.5, 0.6) is 5.75 Å². The molecule has 0 bridgehead atoms. The minimum Gasteiger partial charge on any atom is -0.495 e. The Bertz CT molecular complexity index is 364. The molecule has 18 heavy (non-hydrogen) atoms. The van der Waals surface area contributed by atoms with Gasteiger partial charge in [0.05, 0.1) is 12.8 Å². The number of hydrogen-bond acceptors (Lipinski definition) is 3. The molecule has 1 aromatic rings. The molecule has 0 aliphatic carbocycles. The number of benzene rings is 1. The number of methoxy groups -OCH3 is 1. The van der Waals surface area contributed by atoms with Crippen LogP contribution in [0, 0.1) is 5.92 Å². The molecule has 1 unspecified atom stereocenters. The fourth-order valence-electron chi connectivity index (χ4n) is 1.99. The van der Waals surface area contributed by atoms with Gasteiger partial charge in [0.2, 0.25) is 0 Å². The minimum atomic E-state index is 0.470. The number of nitrogens with one attached hydrogen (secondary N) is 1. The van der Waals surface area contributed by atoms with Crippen molar-refractivity contribution < 1.29 is 4.74 Å². The normalized spacial score (nSPS) is 12.5. The lowest BCUT2D eigenvalue weighted by Gasteiger charge is -2.17. The summed E-state index contributed by atoms with van der Waals surface area (Å²) in [5, 5.41) is 3.48. The van der Waals surface area contributed by atoms with Crippen molar-refractivity contribution in [2.24, 2.45) is 5.92 Å². The Hall–Kier alpha value is -1.38. The van der Waals surface area contributed by atoms with Gasteiger partial charge < -0.3 is 15.8 Å². The highest BCUT2D eigenvalue weighted by Crippen LogP contribution is 2.25. The third-order valence-corrected chi connectivity index (χ3v) is 3.07. The summed E-state index contributed by atoms with van der Waals surface area (Å²) in [5.41, 5.74) is 7.54. The van der Waals surface area contributed by atoms with Crippen molar-refractivity contribution in [2.45, 2.75) is 46.1 Å². The second-order valence-electron chi connectivity index (χ2n) is 5.33. The maximum Gasteiger partial charge on any atom is 0.143 e. The first-order chi connectivity index (χ1) is 8.52. The summed E-state index contributed by atoms with van der Waals surface area (Å²) in [5.74, 6) is 1.52. The van der Waals surface area contributed by atoms with Gasteiger partial charge in [0.1, 0.15) is 5.75 Å². The summed E-state index contributed by atoms with van der Waals surface area (Å²) >= 11 is 0. The molecule has 1 atom stereocenters. The van der Waals surface area contributed by atoms with Gasteiger partial charge in [0.15, 0.2) is 0 Å². The molecule has 0 fully saturated rings. The number of nitrogens with two attached hydrogens (primary N) is 1. The average molecular weight is 250 g/mol. The van der Waals surface area contributed by atoms with E-state index in [2.05, 4.69) is 26.1 Å². The van der Waals surface area contributed by atoms with E-state index < -0.39 is 0 Å². The zero-order valence-electron chi connectivity index (χ0n) is 12.0. The van der Waals surface area contributed by atoms with Crippen LogP contribution < -0.4 is 15.8 Å². The molecule has 3 N–H and O–H groups in total. The summed E-state index contributed by atoms with van der Waals surface area (Å²) in [6, 6.07) is 6.30. The molecule has 0 radical (unpaired) electrons. The van der Waals surface area contributed by atoms with Crippen LogP contribution in [0.1, 0.15) is 40.0 Å². The Kier molecular flexibility index (Phi) is 5.83. The number of hydrogen-bond donors (Lipinski definition) is 2. The van der Waals surface area contributed by atoms with Gasteiger partial charge in [-0.15, -0.1) is 0 Å². The topological polar surface area (TPSA) is 47.3 Å². The predicted octanol–water partition coefficient (Wildman–Crippen LogP) is 3.90. The number of anilines is 2. The Balaban J connectivity index is 2.46. The Morgan fingerprint density at radius 2 is 1.94 bits per heavy atom. The van der Waals surface area contributed by atoms with Gasteiger partial charge in [-0.25, -0.2) is 0 Å². The summed E-state index contributed by atoms with van der Waals surface area (Å²) in [4.78, 5) is 0. The molecular weight excluding hydrogens is 224 g/mol. The van der Waals surface area contributed by atoms with Crippen LogP contribution in [0.3, 0.4) is 0 Å². The molecule has 3 nitrogen and oxygen atoms in total. The molecule has 0 aliphatic heterocycles. The molecule has 1 aromatic carbocycles. The molecule has 102 valence electrons. The van der Waals surface area contributed by atoms with E-state index in [9.17, 15) is 0 Å². The van der Waals surface area contributed by atoms with Crippen molar-refractivity contribution in [3.8, 4) is 5.75 Å². The zero-order chi connectivity index (χ0) is 13.5. The molecule has 0 aliphatic rings. The quantitative estimate of drug-likeness (QED) is 0.721. The fourth-order valence-corrected chi connectivity index (χ4v) is 1.99. The van der Waals surface area contributed by atoms with E-state index in [1.165, 1.54) is 19.3 Å². The number of rotatable bonds is 7. The van der Waals surface area contributed by atoms with Crippen molar-refractivity contribution in [2.75, 3.05) is 18.2 Å². The van der Waals surface area contributed by atoms with Crippen LogP contribution in [-0.2, 0) is 0 Å². The molecule has 0 saturated heterocycles. The largest absolute Gasteiger partial charge is 0.495 e. The lowest BCUT2D eigenvalue weighted by molar-refractivity contribution is 0.417. The van der Waals surface area contributed by atoms with Gasteiger partial charge >= 0.3 is 0 Å². The fraction of sp³-hybridized carbons (Fsp3) is 0.600. The van der Waals surface area contributed by atoms with Crippen molar-refractivity contribution in [1.82, 2.24) is 0 Å². The first-order valence-electron chi connectivity index (χ1n) is 6.73. The molecule has 0 heterocycles. The molecular formula is C15H26N2O. The Labute approximate surface area is 111 Å². The van der Waals surface area contributed by atoms with Crippen LogP contribution in [-0.4, -0.2) is 13.2 Å². The monoisotopic (exact) mass is 250 g/mol. The van der Waals surface area contributed by atoms with Gasteiger partial charge in [0, 0.05) is 17.8 Å². The van der Waals surface area contributed by atoms with E-state index in [4.69, 9.17) is 10.5 Å². The van der Waals surface area contributed by atoms with E-state index in [0.29, 0.717) is 11.7 Å². The van der Waals surface area contributed by atoms with E-state index in [-0.39, 0.29) is 0 Å². The zero-order valence-corrected chi connectivity index (χ0v) is 12.0. The van der Waals surface area contributed by atoms with Gasteiger partial charge in [-0.1, -0.05) is 26.7 Å². The minimum absolute atomic E-state index is 0.470. The highest BCUT2D eigenvalue weighted by Gasteiger charge is 2.05. The van der Waals surface area contributed by atoms with Crippen molar-refractivity contribution in [3.05, 3.63) is 18.2 Å². The third kappa shape index (κ3) is 4.86. The maximum absolute atomic E-state index is 5.79. The average Bonchev–Trinajstić information content (AvgIpc) is 2.31. The molecule has 0 aromatic heterocycles. The van der Waals surface area contributed by atoms with E-state index in [0.717, 1.165) is 17.4 Å². The molecule has 3 heteroatoms. The van der Waals surface area contributed by atoms with Gasteiger partial charge in [-0.05, 0) is 31.4 Å². The number of nitrogen functional groups attached to an aromatic ring is 1. The molecule has 0 saturated carbocycles. The van der Waals surface area contributed by atoms with Crippen molar-refractivity contribution >= 4 is 11.4 Å². The van der Waals surface area contributed by atoms with E-state index in [1.807, 2.05) is 18.2 Å². The van der Waals surface area contributed by atoms with Crippen molar-refractivity contribution in [3.63, 3.8) is 0 Å². The molecule has 0 spiro atoms. The second-order valence-corrected chi connectivity index (χ2v) is 5.33. The van der Waals surface area contributed by atoms with Crippen molar-refractivity contribution in [1.29, 1.82) is 0 Å². The smallest absolute Gasteiger partial charge is 0.143 e. The predicted molar refractivity (Wildman–Crippen MR) is 79.2 cm³/mol. The van der Waals surface area contributed by atoms with Crippen LogP contribution >= 0.6 is 0 Å². The van der Waals surface area contributed by atoms with Crippen LogP contribution in [0.2, 0.25) is 0 Å². The van der Waals surface area contributed by atoms with Crippen LogP contribution in [0.4, 0.5) is 11.4 Å². The lowest BCUT2D eigenvalue weighted by Crippen LogP contribution is -2.15. The van der Waals surface area contributed by atoms with Gasteiger partial charge in [0.25, 0.3) is 0 Å². The summed E-state index contributed by atoms with van der Waals surface area (Å²) in [7, 11) is 1.64. The van der Waals surface area contributed by atoms with Crippen LogP contribution in [0.15, 0.2) is 18.2 Å². The highest BCUT2D eigenvalue weighted by atomic mass is 16.5. The first-order valence-corrected chi connectivity index (χ1v) is 6.73. The SMILES string of the molecule is COc1cc(NC(C)CCCC(C)C)ccc1N. The number of ether oxygens (including phenoxy) is 1. The highest BCUT2D eigenvalue weighted by molar-refractivity contribution is 5.61. The second kappa shape index (κ2) is 7.14. The summed E-state index contributed by atoms with van der Waals surface area (Å²) in [6.07, 6.45) is 3.74. The summed E-state index contributed by atoms with van der Waals surface area (Å²) < 4.78 is 5.21. The lowest BCUT2D eigenvalue weighted by atomic mass is 10.0. The van der Waals surface area contributed by atoms with Gasteiger partial charge in [-0.3, -0.25) is 0 Å². The third-order valence-electron chi connectivity index (χ3n) is 3.07. The Morgan fingerprint density at radius 1 is 1.22 bits per heavy atom. The van der Waals surface area contributed by atoms with Gasteiger partial charge in [-0.2, -0.15) is 0 Å². The van der Waals surface area contributed by atoms with E-state index >= 15 is 0 Å². The Morgan fingerprint density at radius 3 is 2.56 bits per heavy atom. The van der Waals surface area contributed by atoms with Crippen LogP contribution in [0.25, 0.3) is 0 Å². The maximum atomic E-state index is 5.79. The molecule has 1 rings (SSSR count). The molecule has 0 amide bonds. The first kappa shape index (κ1) is 14.7.